The predicted octanol–water partition coefficient (Wildman–Crippen LogP) is 1.99. The summed E-state index contributed by atoms with van der Waals surface area (Å²) >= 11 is 0. The molecule has 0 aromatic heterocycles. The molecule has 6 nitrogen and oxygen atoms in total. The molecule has 1 saturated carbocycles. The van der Waals surface area contributed by atoms with E-state index in [9.17, 15) is 9.59 Å². The van der Waals surface area contributed by atoms with Gasteiger partial charge in [-0.1, -0.05) is 24.6 Å². The molecule has 3 aliphatic rings. The Morgan fingerprint density at radius 3 is 2.84 bits per heavy atom. The van der Waals surface area contributed by atoms with Crippen LogP contribution in [0.3, 0.4) is 0 Å². The van der Waals surface area contributed by atoms with Crippen molar-refractivity contribution in [2.75, 3.05) is 26.3 Å². The molecule has 3 fully saturated rings. The first-order chi connectivity index (χ1) is 12.2. The third-order valence-corrected chi connectivity index (χ3v) is 5.69. The van der Waals surface area contributed by atoms with E-state index in [4.69, 9.17) is 9.47 Å². The Hall–Kier alpha value is -2.08. The maximum atomic E-state index is 12.6. The summed E-state index contributed by atoms with van der Waals surface area (Å²) in [6, 6.07) is 9.21. The number of carbonyl (C=O) groups excluding carboxylic acids is 2. The summed E-state index contributed by atoms with van der Waals surface area (Å²) in [5, 5.41) is 3.04. The van der Waals surface area contributed by atoms with E-state index in [1.807, 2.05) is 30.3 Å². The second-order valence-electron chi connectivity index (χ2n) is 7.36. The van der Waals surface area contributed by atoms with Crippen LogP contribution in [0.15, 0.2) is 30.3 Å². The second kappa shape index (κ2) is 6.67. The van der Waals surface area contributed by atoms with Gasteiger partial charge < -0.3 is 19.7 Å². The quantitative estimate of drug-likeness (QED) is 0.887. The summed E-state index contributed by atoms with van der Waals surface area (Å²) < 4.78 is 11.4. The summed E-state index contributed by atoms with van der Waals surface area (Å²) in [5.74, 6) is 0.875. The number of Topliss-reactive ketones (excluding diaryl/α,β-unsaturated/α-hetero) is 1. The zero-order valence-electron chi connectivity index (χ0n) is 14.3. The van der Waals surface area contributed by atoms with Crippen LogP contribution in [0.2, 0.25) is 0 Å². The average Bonchev–Trinajstić information content (AvgIpc) is 3.18. The van der Waals surface area contributed by atoms with Gasteiger partial charge in [0.2, 0.25) is 0 Å². The number of benzene rings is 1. The van der Waals surface area contributed by atoms with Crippen LogP contribution in [-0.4, -0.2) is 55.2 Å². The molecular formula is C19H24N2O4. The number of amides is 2. The number of ketones is 1. The topological polar surface area (TPSA) is 67.9 Å². The van der Waals surface area contributed by atoms with E-state index in [1.54, 1.807) is 4.90 Å². The number of rotatable bonds is 5. The minimum absolute atomic E-state index is 0.000806. The maximum absolute atomic E-state index is 12.6. The largest absolute Gasteiger partial charge is 0.493 e. The second-order valence-corrected chi connectivity index (χ2v) is 7.36. The molecule has 2 amide bonds. The number of likely N-dealkylation sites (tertiary alicyclic amines) is 1. The van der Waals surface area contributed by atoms with Crippen LogP contribution >= 0.6 is 0 Å². The van der Waals surface area contributed by atoms with E-state index < -0.39 is 6.04 Å². The molecular weight excluding hydrogens is 320 g/mol. The number of para-hydroxylation sites is 1. The van der Waals surface area contributed by atoms with Gasteiger partial charge in [0, 0.05) is 18.5 Å². The van der Waals surface area contributed by atoms with Crippen LogP contribution in [0.1, 0.15) is 25.7 Å². The monoisotopic (exact) mass is 344 g/mol. The molecule has 2 aliphatic heterocycles. The van der Waals surface area contributed by atoms with Crippen molar-refractivity contribution >= 4 is 11.8 Å². The lowest BCUT2D eigenvalue weighted by atomic mass is 9.69. The third-order valence-electron chi connectivity index (χ3n) is 5.69. The highest BCUT2D eigenvalue weighted by atomic mass is 16.5. The average molecular weight is 344 g/mol. The van der Waals surface area contributed by atoms with Gasteiger partial charge in [-0.25, -0.2) is 4.79 Å². The molecule has 2 saturated heterocycles. The van der Waals surface area contributed by atoms with Gasteiger partial charge in [-0.15, -0.1) is 0 Å². The number of fused-ring (bicyclic) bond motifs is 1. The van der Waals surface area contributed by atoms with Crippen LogP contribution in [-0.2, 0) is 9.53 Å². The molecule has 0 radical (unpaired) electrons. The number of nitrogens with one attached hydrogen (secondary N) is 1. The molecule has 1 aromatic carbocycles. The lowest BCUT2D eigenvalue weighted by molar-refractivity contribution is -0.120. The Bertz CT molecular complexity index is 644. The molecule has 6 heteroatoms. The number of hydrogen-bond acceptors (Lipinski definition) is 4. The van der Waals surface area contributed by atoms with Gasteiger partial charge in [-0.05, 0) is 31.4 Å². The fourth-order valence-corrected chi connectivity index (χ4v) is 3.99. The number of hydrogen-bond donors (Lipinski definition) is 1. The lowest BCUT2D eigenvalue weighted by Gasteiger charge is -2.42. The third kappa shape index (κ3) is 3.23. The SMILES string of the molecule is O=C1CO[C@@H]2CCN(C(=O)NCC3(COc4ccccc4)CCC3)[C@H]12. The predicted molar refractivity (Wildman–Crippen MR) is 91.5 cm³/mol. The Balaban J connectivity index is 1.31. The Morgan fingerprint density at radius 1 is 1.32 bits per heavy atom. The van der Waals surface area contributed by atoms with Gasteiger partial charge in [-0.3, -0.25) is 4.79 Å². The number of urea groups is 1. The number of nitrogens with zero attached hydrogens (tertiary/aromatic N) is 1. The van der Waals surface area contributed by atoms with Crippen LogP contribution < -0.4 is 10.1 Å². The highest BCUT2D eigenvalue weighted by Gasteiger charge is 2.47. The van der Waals surface area contributed by atoms with Crippen LogP contribution in [0.25, 0.3) is 0 Å². The summed E-state index contributed by atoms with van der Waals surface area (Å²) in [5.41, 5.74) is 0.000806. The van der Waals surface area contributed by atoms with Crippen molar-refractivity contribution in [1.29, 1.82) is 0 Å². The maximum Gasteiger partial charge on any atom is 0.318 e. The Morgan fingerprint density at radius 2 is 2.12 bits per heavy atom. The highest BCUT2D eigenvalue weighted by molar-refractivity contribution is 5.92. The van der Waals surface area contributed by atoms with Crippen LogP contribution in [0, 0.1) is 5.41 Å². The molecule has 4 rings (SSSR count). The van der Waals surface area contributed by atoms with Crippen molar-refractivity contribution in [2.45, 2.75) is 37.8 Å². The molecule has 2 atom stereocenters. The normalized spacial score (nSPS) is 26.9. The zero-order chi connectivity index (χ0) is 17.3. The van der Waals surface area contributed by atoms with Crippen molar-refractivity contribution in [3.8, 4) is 5.75 Å². The Labute approximate surface area is 147 Å². The summed E-state index contributed by atoms with van der Waals surface area (Å²) in [6.07, 6.45) is 3.89. The van der Waals surface area contributed by atoms with Gasteiger partial charge in [0.1, 0.15) is 18.4 Å². The van der Waals surface area contributed by atoms with E-state index in [0.29, 0.717) is 19.7 Å². The van der Waals surface area contributed by atoms with Gasteiger partial charge in [0.15, 0.2) is 5.78 Å². The van der Waals surface area contributed by atoms with Crippen molar-refractivity contribution in [3.63, 3.8) is 0 Å². The molecule has 25 heavy (non-hydrogen) atoms. The van der Waals surface area contributed by atoms with E-state index in [1.165, 1.54) is 0 Å². The Kier molecular flexibility index (Phi) is 4.37. The summed E-state index contributed by atoms with van der Waals surface area (Å²) in [6.45, 7) is 1.90. The molecule has 1 N–H and O–H groups in total. The molecule has 2 heterocycles. The molecule has 1 aliphatic carbocycles. The van der Waals surface area contributed by atoms with Crippen molar-refractivity contribution < 1.29 is 19.1 Å². The van der Waals surface area contributed by atoms with Gasteiger partial charge in [0.05, 0.1) is 12.7 Å². The number of carbonyl (C=O) groups is 2. The zero-order valence-corrected chi connectivity index (χ0v) is 14.3. The van der Waals surface area contributed by atoms with Gasteiger partial charge >= 0.3 is 6.03 Å². The van der Waals surface area contributed by atoms with Gasteiger partial charge in [-0.2, -0.15) is 0 Å². The van der Waals surface area contributed by atoms with Crippen LogP contribution in [0.4, 0.5) is 4.79 Å². The van der Waals surface area contributed by atoms with Gasteiger partial charge in [0.25, 0.3) is 0 Å². The lowest BCUT2D eigenvalue weighted by Crippen LogP contribution is -2.52. The first-order valence-electron chi connectivity index (χ1n) is 9.04. The summed E-state index contributed by atoms with van der Waals surface area (Å²) in [7, 11) is 0. The fraction of sp³-hybridized carbons (Fsp3) is 0.579. The molecule has 1 aromatic rings. The summed E-state index contributed by atoms with van der Waals surface area (Å²) in [4.78, 5) is 26.1. The van der Waals surface area contributed by atoms with Crippen molar-refractivity contribution in [3.05, 3.63) is 30.3 Å². The fourth-order valence-electron chi connectivity index (χ4n) is 3.99. The van der Waals surface area contributed by atoms with Crippen molar-refractivity contribution in [2.24, 2.45) is 5.41 Å². The molecule has 134 valence electrons. The first kappa shape index (κ1) is 16.4. The van der Waals surface area contributed by atoms with E-state index in [0.717, 1.165) is 31.4 Å². The molecule has 0 spiro atoms. The van der Waals surface area contributed by atoms with E-state index in [-0.39, 0.29) is 29.9 Å². The van der Waals surface area contributed by atoms with Crippen LogP contribution in [0.5, 0.6) is 5.75 Å². The standard InChI is InChI=1S/C19H24N2O4/c22-15-11-24-16-7-10-21(17(15)16)18(23)20-12-19(8-4-9-19)13-25-14-5-2-1-3-6-14/h1-3,5-6,16-17H,4,7-13H2,(H,20,23)/t16-,17-/m1/s1. The minimum Gasteiger partial charge on any atom is -0.493 e. The molecule has 0 unspecified atom stereocenters. The smallest absolute Gasteiger partial charge is 0.318 e. The first-order valence-corrected chi connectivity index (χ1v) is 9.04. The highest BCUT2D eigenvalue weighted by Crippen LogP contribution is 2.41. The van der Waals surface area contributed by atoms with E-state index in [2.05, 4.69) is 5.32 Å². The minimum atomic E-state index is -0.391. The van der Waals surface area contributed by atoms with Crippen molar-refractivity contribution in [1.82, 2.24) is 10.2 Å². The number of ether oxygens (including phenoxy) is 2. The van der Waals surface area contributed by atoms with E-state index >= 15 is 0 Å². The molecule has 0 bridgehead atoms.